The highest BCUT2D eigenvalue weighted by molar-refractivity contribution is 5.76. The van der Waals surface area contributed by atoms with Crippen LogP contribution < -0.4 is 5.73 Å². The molecule has 1 aliphatic carbocycles. The van der Waals surface area contributed by atoms with Crippen LogP contribution in [0.15, 0.2) is 0 Å². The van der Waals surface area contributed by atoms with E-state index in [1.165, 1.54) is 25.7 Å². The average Bonchev–Trinajstić information content (AvgIpc) is 2.86. The lowest BCUT2D eigenvalue weighted by Crippen LogP contribution is -2.49. The molecule has 1 fully saturated rings. The molecule has 19 heavy (non-hydrogen) atoms. The third kappa shape index (κ3) is 5.11. The van der Waals surface area contributed by atoms with Gasteiger partial charge in [-0.1, -0.05) is 26.7 Å². The van der Waals surface area contributed by atoms with Crippen LogP contribution in [0.5, 0.6) is 0 Å². The summed E-state index contributed by atoms with van der Waals surface area (Å²) in [7, 11) is 3.64. The fraction of sp³-hybridized carbons (Fsp3) is 0.933. The lowest BCUT2D eigenvalue weighted by molar-refractivity contribution is -0.130. The molecule has 4 heteroatoms. The molecule has 1 unspecified atom stereocenters. The van der Waals surface area contributed by atoms with E-state index in [1.807, 2.05) is 14.1 Å². The molecule has 1 aliphatic rings. The van der Waals surface area contributed by atoms with Gasteiger partial charge < -0.3 is 10.6 Å². The van der Waals surface area contributed by atoms with Crippen LogP contribution in [0.25, 0.3) is 0 Å². The molecule has 0 heterocycles. The van der Waals surface area contributed by atoms with E-state index in [0.29, 0.717) is 24.9 Å². The van der Waals surface area contributed by atoms with Gasteiger partial charge in [-0.05, 0) is 18.8 Å². The summed E-state index contributed by atoms with van der Waals surface area (Å²) in [4.78, 5) is 16.1. The molecule has 0 bridgehead atoms. The van der Waals surface area contributed by atoms with Crippen LogP contribution >= 0.6 is 0 Å². The minimum Gasteiger partial charge on any atom is -0.349 e. The Hall–Kier alpha value is -0.610. The Kier molecular flexibility index (Phi) is 6.80. The molecule has 0 radical (unpaired) electrons. The van der Waals surface area contributed by atoms with Crippen molar-refractivity contribution >= 4 is 5.91 Å². The second-order valence-electron chi connectivity index (χ2n) is 6.41. The van der Waals surface area contributed by atoms with Gasteiger partial charge in [0, 0.05) is 45.7 Å². The highest BCUT2D eigenvalue weighted by Gasteiger charge is 2.29. The zero-order valence-corrected chi connectivity index (χ0v) is 13.1. The van der Waals surface area contributed by atoms with Gasteiger partial charge in [-0.3, -0.25) is 9.69 Å². The van der Waals surface area contributed by atoms with Crippen LogP contribution in [-0.2, 0) is 4.79 Å². The van der Waals surface area contributed by atoms with Gasteiger partial charge in [-0.25, -0.2) is 0 Å². The van der Waals surface area contributed by atoms with E-state index in [4.69, 9.17) is 5.73 Å². The molecule has 2 N–H and O–H groups in total. The predicted octanol–water partition coefficient (Wildman–Crippen LogP) is 1.69. The number of carbonyl (C=O) groups excluding carboxylic acids is 1. The monoisotopic (exact) mass is 269 g/mol. The summed E-state index contributed by atoms with van der Waals surface area (Å²) in [6, 6.07) is 0.825. The summed E-state index contributed by atoms with van der Waals surface area (Å²) in [6.07, 6.45) is 5.71. The van der Waals surface area contributed by atoms with E-state index in [0.717, 1.165) is 6.54 Å². The number of nitrogens with zero attached hydrogens (tertiary/aromatic N) is 2. The minimum absolute atomic E-state index is 0.183. The molecule has 112 valence electrons. The molecular weight excluding hydrogens is 238 g/mol. The zero-order valence-electron chi connectivity index (χ0n) is 13.1. The highest BCUT2D eigenvalue weighted by Crippen LogP contribution is 2.26. The van der Waals surface area contributed by atoms with E-state index in [1.54, 1.807) is 4.90 Å². The van der Waals surface area contributed by atoms with Crippen LogP contribution in [0.1, 0.15) is 46.0 Å². The second-order valence-corrected chi connectivity index (χ2v) is 6.41. The molecule has 0 aromatic rings. The van der Waals surface area contributed by atoms with E-state index >= 15 is 0 Å². The molecule has 0 saturated heterocycles. The maximum absolute atomic E-state index is 12.0. The fourth-order valence-electron chi connectivity index (χ4n) is 2.97. The van der Waals surface area contributed by atoms with Crippen LogP contribution in [0.2, 0.25) is 0 Å². The van der Waals surface area contributed by atoms with Gasteiger partial charge in [0.1, 0.15) is 0 Å². The molecule has 4 nitrogen and oxygen atoms in total. The molecule has 1 amide bonds. The first-order chi connectivity index (χ1) is 8.95. The lowest BCUT2D eigenvalue weighted by atomic mass is 10.0. The van der Waals surface area contributed by atoms with Gasteiger partial charge in [-0.2, -0.15) is 0 Å². The summed E-state index contributed by atoms with van der Waals surface area (Å²) < 4.78 is 0. The first-order valence-corrected chi connectivity index (χ1v) is 7.61. The van der Waals surface area contributed by atoms with Gasteiger partial charge >= 0.3 is 0 Å². The van der Waals surface area contributed by atoms with Crippen molar-refractivity contribution in [2.24, 2.45) is 11.7 Å². The summed E-state index contributed by atoms with van der Waals surface area (Å²) in [5.74, 6) is 0.798. The smallest absolute Gasteiger partial charge is 0.223 e. The third-order valence-corrected chi connectivity index (χ3v) is 4.02. The topological polar surface area (TPSA) is 49.6 Å². The third-order valence-electron chi connectivity index (χ3n) is 4.02. The van der Waals surface area contributed by atoms with Crippen molar-refractivity contribution in [2.45, 2.75) is 58.0 Å². The average molecular weight is 269 g/mol. The van der Waals surface area contributed by atoms with Crippen molar-refractivity contribution in [3.05, 3.63) is 0 Å². The van der Waals surface area contributed by atoms with Crippen LogP contribution in [0.4, 0.5) is 0 Å². The molecule has 1 saturated carbocycles. The van der Waals surface area contributed by atoms with Crippen LogP contribution in [0, 0.1) is 5.92 Å². The van der Waals surface area contributed by atoms with Crippen molar-refractivity contribution in [2.75, 3.05) is 27.2 Å². The zero-order chi connectivity index (χ0) is 14.4. The van der Waals surface area contributed by atoms with Crippen LogP contribution in [-0.4, -0.2) is 55.0 Å². The Morgan fingerprint density at radius 1 is 1.26 bits per heavy atom. The van der Waals surface area contributed by atoms with Gasteiger partial charge in [0.15, 0.2) is 0 Å². The lowest BCUT2D eigenvalue weighted by Gasteiger charge is -2.37. The standard InChI is InChI=1S/C15H31N3O/c1-12(2)11-18(13-7-5-6-8-13)14(10-16)9-15(19)17(3)4/h12-14H,5-11,16H2,1-4H3. The van der Waals surface area contributed by atoms with E-state index < -0.39 is 0 Å². The Morgan fingerprint density at radius 2 is 1.84 bits per heavy atom. The number of nitrogens with two attached hydrogens (primary N) is 1. The quantitative estimate of drug-likeness (QED) is 0.765. The second kappa shape index (κ2) is 7.85. The molecule has 1 rings (SSSR count). The maximum atomic E-state index is 12.0. The van der Waals surface area contributed by atoms with Crippen molar-refractivity contribution in [1.82, 2.24) is 9.80 Å². The summed E-state index contributed by atoms with van der Waals surface area (Å²) >= 11 is 0. The first-order valence-electron chi connectivity index (χ1n) is 7.61. The Balaban J connectivity index is 2.70. The highest BCUT2D eigenvalue weighted by atomic mass is 16.2. The first kappa shape index (κ1) is 16.4. The van der Waals surface area contributed by atoms with Gasteiger partial charge in [0.25, 0.3) is 0 Å². The summed E-state index contributed by atoms with van der Waals surface area (Å²) in [5, 5.41) is 0. The largest absolute Gasteiger partial charge is 0.349 e. The Morgan fingerprint density at radius 3 is 2.26 bits per heavy atom. The van der Waals surface area contributed by atoms with Crippen molar-refractivity contribution in [3.8, 4) is 0 Å². The SMILES string of the molecule is CC(C)CN(C1CCCC1)C(CN)CC(=O)N(C)C. The number of rotatable bonds is 7. The number of carbonyl (C=O) groups is 1. The van der Waals surface area contributed by atoms with E-state index in [-0.39, 0.29) is 11.9 Å². The predicted molar refractivity (Wildman–Crippen MR) is 80.0 cm³/mol. The van der Waals surface area contributed by atoms with Gasteiger partial charge in [-0.15, -0.1) is 0 Å². The number of hydrogen-bond donors (Lipinski definition) is 1. The summed E-state index contributed by atoms with van der Waals surface area (Å²) in [6.45, 7) is 6.10. The molecule has 0 aromatic heterocycles. The fourth-order valence-corrected chi connectivity index (χ4v) is 2.97. The van der Waals surface area contributed by atoms with Gasteiger partial charge in [0.2, 0.25) is 5.91 Å². The van der Waals surface area contributed by atoms with E-state index in [2.05, 4.69) is 18.7 Å². The summed E-state index contributed by atoms with van der Waals surface area (Å²) in [5.41, 5.74) is 5.95. The number of hydrogen-bond acceptors (Lipinski definition) is 3. The molecule has 0 aromatic carbocycles. The molecular formula is C15H31N3O. The van der Waals surface area contributed by atoms with Crippen molar-refractivity contribution in [1.29, 1.82) is 0 Å². The minimum atomic E-state index is 0.183. The molecule has 0 spiro atoms. The normalized spacial score (nSPS) is 18.3. The van der Waals surface area contributed by atoms with Crippen LogP contribution in [0.3, 0.4) is 0 Å². The van der Waals surface area contributed by atoms with Crippen molar-refractivity contribution < 1.29 is 4.79 Å². The van der Waals surface area contributed by atoms with E-state index in [9.17, 15) is 4.79 Å². The van der Waals surface area contributed by atoms with Crippen molar-refractivity contribution in [3.63, 3.8) is 0 Å². The molecule has 1 atom stereocenters. The number of amides is 1. The van der Waals surface area contributed by atoms with Gasteiger partial charge in [0.05, 0.1) is 0 Å². The Labute approximate surface area is 118 Å². The maximum Gasteiger partial charge on any atom is 0.223 e. The molecule has 0 aliphatic heterocycles. The Bertz CT molecular complexity index is 273.